The molecule has 4 saturated carbocycles. The fourth-order valence-electron chi connectivity index (χ4n) is 28.0. The van der Waals surface area contributed by atoms with E-state index in [9.17, 15) is 15.1 Å². The summed E-state index contributed by atoms with van der Waals surface area (Å²) in [6.45, 7) is 44.4. The van der Waals surface area contributed by atoms with Gasteiger partial charge in [-0.25, -0.2) is 0 Å². The van der Waals surface area contributed by atoms with Gasteiger partial charge in [0.05, 0.1) is 107 Å². The first-order valence-electron chi connectivity index (χ1n) is 52.4. The number of hydrogen-bond acceptors (Lipinski definition) is 26. The van der Waals surface area contributed by atoms with Crippen LogP contribution in [0.2, 0.25) is 0 Å². The average Bonchev–Trinajstić information content (AvgIpc) is 0.685. The minimum Gasteiger partial charge on any atom is -0.432 e. The molecule has 28 nitrogen and oxygen atoms in total. The van der Waals surface area contributed by atoms with Crippen LogP contribution in [0.4, 0.5) is 0 Å². The van der Waals surface area contributed by atoms with Gasteiger partial charge in [-0.3, -0.25) is 9.59 Å². The highest BCUT2D eigenvalue weighted by atomic mass is 16.8. The number of Topliss-reactive ketones (excluding diaryl/α,β-unsaturated/α-hetero) is 1. The summed E-state index contributed by atoms with van der Waals surface area (Å²) >= 11 is 0. The number of carbonyl (C=O) groups excluding carboxylic acids is 3. The van der Waals surface area contributed by atoms with Crippen molar-refractivity contribution in [3.8, 4) is 0 Å². The zero-order chi connectivity index (χ0) is 99.1. The van der Waals surface area contributed by atoms with Gasteiger partial charge in [0.15, 0.2) is 55.6 Å². The molecule has 0 amide bonds. The number of carbonyl (C=O) groups is 3. The molecule has 140 heavy (non-hydrogen) atoms. The lowest BCUT2D eigenvalue weighted by Crippen LogP contribution is -2.69. The van der Waals surface area contributed by atoms with Crippen LogP contribution in [0.1, 0.15) is 231 Å². The molecular formula is C112H157N3O25. The van der Waals surface area contributed by atoms with E-state index in [1.165, 1.54) is 5.57 Å². The fourth-order valence-corrected chi connectivity index (χ4v) is 28.0. The van der Waals surface area contributed by atoms with E-state index in [4.69, 9.17) is 104 Å². The minimum atomic E-state index is -1.44. The van der Waals surface area contributed by atoms with Gasteiger partial charge in [0.25, 0.3) is 0 Å². The largest absolute Gasteiger partial charge is 0.432 e. The number of methoxy groups -OCH3 is 1. The zero-order valence-electron chi connectivity index (χ0n) is 86.3. The highest BCUT2D eigenvalue weighted by molar-refractivity contribution is 5.81. The Balaban J connectivity index is 0.617. The van der Waals surface area contributed by atoms with E-state index in [0.717, 1.165) is 47.8 Å². The van der Waals surface area contributed by atoms with Crippen molar-refractivity contribution in [1.29, 1.82) is 0 Å². The standard InChI is InChI=1S/C112H157N3O25/c1-22-79-65(5)64(4)67(7)98(127-79)135-93-89(132-96-66(6)63(3)62(2)53-123-96)69(9)87(71(11)117)130-101(93)129-84-46-47-107(17)82(108(84,18)59-116)45-48-109(19)83(107)44-43-77-78-51-105(13,14)49-50-112(78,85(119-21)52-110(77,109)20)104(118)137-100-90(68(8)86(114-115-113)80(128-100)57-120-54-73-35-27-23-28-36-73)133-102-94-92(138-106(15,16)139-94)91(72(12)126-102)134-97-70(10)88(81(58-124-97)122-56-75-39-31-25-32-40-75)131-103-95-111(61-125-103,60-121-55-74-37-29-24-30-38-74)140-99(136-95)76-41-33-26-34-42-76/h23-43,59,62-70,72,78-103H,22,44-58,60-61H2,1-21H3/t62-,63+,64+,65-,66?,67?,68?,69-,70?,72?,78?,79?,80-,81-,82-,83?,84+,85-,86-,87?,88?,89+,90?,91+,92?,93?,94?,95?,96+,97+,98+,99+,100+,101-,102+,103+,107?,108?,109?,110?,111+,112-/m1/s1. The van der Waals surface area contributed by atoms with Crippen molar-refractivity contribution in [2.24, 2.45) is 109 Å². The quantitative estimate of drug-likeness (QED) is 0.00859. The molecule has 0 radical (unpaired) electrons. The van der Waals surface area contributed by atoms with Crippen LogP contribution in [-0.4, -0.2) is 211 Å². The monoisotopic (exact) mass is 1940 g/mol. The molecule has 14 aliphatic rings. The van der Waals surface area contributed by atoms with Crippen molar-refractivity contribution >= 4 is 18.0 Å². The Morgan fingerprint density at radius 3 is 1.83 bits per heavy atom. The number of azide groups is 1. The summed E-state index contributed by atoms with van der Waals surface area (Å²) in [7, 11) is 1.74. The Morgan fingerprint density at radius 2 is 1.16 bits per heavy atom. The van der Waals surface area contributed by atoms with Crippen LogP contribution in [0.15, 0.2) is 138 Å². The van der Waals surface area contributed by atoms with Crippen LogP contribution in [0, 0.1) is 104 Å². The van der Waals surface area contributed by atoms with Gasteiger partial charge in [0.1, 0.15) is 66.1 Å². The van der Waals surface area contributed by atoms with E-state index >= 15 is 4.79 Å². The predicted octanol–water partition coefficient (Wildman–Crippen LogP) is 19.2. The molecule has 18 rings (SSSR count). The third-order valence-corrected chi connectivity index (χ3v) is 37.1. The number of ether oxygens (including phenoxy) is 22. The fraction of sp³-hybridized carbons (Fsp3) is 0.741. The number of allylic oxidation sites excluding steroid dienone is 2. The average molecular weight is 1950 g/mol. The summed E-state index contributed by atoms with van der Waals surface area (Å²) in [5.74, 6) is -2.75. The number of esters is 1. The van der Waals surface area contributed by atoms with Crippen LogP contribution in [0.3, 0.4) is 0 Å². The summed E-state index contributed by atoms with van der Waals surface area (Å²) < 4.78 is 155. The second-order valence-corrected chi connectivity index (χ2v) is 46.5. The summed E-state index contributed by atoms with van der Waals surface area (Å²) in [5.41, 5.74) is 10.8. The van der Waals surface area contributed by atoms with Crippen LogP contribution in [-0.2, 0) is 138 Å². The van der Waals surface area contributed by atoms with Crippen molar-refractivity contribution < 1.29 is 119 Å². The number of ketones is 1. The number of hydrogen-bond donors (Lipinski definition) is 0. The normalized spacial score (nSPS) is 45.7. The molecule has 19 unspecified atom stereocenters. The predicted molar refractivity (Wildman–Crippen MR) is 516 cm³/mol. The summed E-state index contributed by atoms with van der Waals surface area (Å²) in [6, 6.07) is 38.7. The molecule has 42 atom stereocenters. The molecule has 9 saturated heterocycles. The third kappa shape index (κ3) is 19.6. The van der Waals surface area contributed by atoms with Gasteiger partial charge in [0, 0.05) is 41.3 Å². The van der Waals surface area contributed by atoms with E-state index in [2.05, 4.69) is 106 Å². The molecular weight excluding hydrogens is 1790 g/mol. The molecule has 4 aromatic rings. The summed E-state index contributed by atoms with van der Waals surface area (Å²) in [6.07, 6.45) is -8.76. The van der Waals surface area contributed by atoms with E-state index in [-0.39, 0.29) is 97.9 Å². The van der Waals surface area contributed by atoms with E-state index < -0.39 is 199 Å². The van der Waals surface area contributed by atoms with Gasteiger partial charge < -0.3 is 109 Å². The molecule has 0 aromatic heterocycles. The van der Waals surface area contributed by atoms with Crippen molar-refractivity contribution in [3.63, 3.8) is 0 Å². The molecule has 9 aliphatic heterocycles. The third-order valence-electron chi connectivity index (χ3n) is 37.1. The lowest BCUT2D eigenvalue weighted by Gasteiger charge is -2.71. The Morgan fingerprint density at radius 1 is 0.536 bits per heavy atom. The topological polar surface area (TPSA) is 303 Å². The van der Waals surface area contributed by atoms with Gasteiger partial charge in [-0.1, -0.05) is 249 Å². The van der Waals surface area contributed by atoms with Gasteiger partial charge >= 0.3 is 5.97 Å². The van der Waals surface area contributed by atoms with Gasteiger partial charge in [0.2, 0.25) is 6.29 Å². The zero-order valence-corrected chi connectivity index (χ0v) is 86.3. The first-order chi connectivity index (χ1) is 66.9. The number of aldehydes is 1. The second kappa shape index (κ2) is 41.9. The summed E-state index contributed by atoms with van der Waals surface area (Å²) in [5, 5.41) is 4.46. The lowest BCUT2D eigenvalue weighted by molar-refractivity contribution is -0.374. The highest BCUT2D eigenvalue weighted by Gasteiger charge is 2.74. The molecule has 0 spiro atoms. The summed E-state index contributed by atoms with van der Waals surface area (Å²) in [4.78, 5) is 49.5. The van der Waals surface area contributed by atoms with Gasteiger partial charge in [-0.2, -0.15) is 0 Å². The number of nitrogens with zero attached hydrogens (tertiary/aromatic N) is 3. The second-order valence-electron chi connectivity index (χ2n) is 46.5. The van der Waals surface area contributed by atoms with E-state index in [0.29, 0.717) is 75.9 Å². The molecule has 5 aliphatic carbocycles. The Kier molecular flexibility index (Phi) is 31.1. The maximum Gasteiger partial charge on any atom is 0.317 e. The highest BCUT2D eigenvalue weighted by Crippen LogP contribution is 2.77. The number of benzene rings is 4. The van der Waals surface area contributed by atoms with Crippen LogP contribution in [0.25, 0.3) is 10.4 Å². The van der Waals surface area contributed by atoms with Crippen LogP contribution in [0.5, 0.6) is 0 Å². The van der Waals surface area contributed by atoms with Crippen molar-refractivity contribution in [3.05, 3.63) is 166 Å². The van der Waals surface area contributed by atoms with Gasteiger partial charge in [-0.15, -0.1) is 0 Å². The number of fused-ring (bicyclic) bond motifs is 9. The van der Waals surface area contributed by atoms with Crippen molar-refractivity contribution in [1.82, 2.24) is 0 Å². The first-order valence-corrected chi connectivity index (χ1v) is 52.4. The maximum atomic E-state index is 17.1. The Bertz CT molecular complexity index is 4940. The Labute approximate surface area is 828 Å². The van der Waals surface area contributed by atoms with Crippen molar-refractivity contribution in [2.75, 3.05) is 40.1 Å². The molecule has 0 bridgehead atoms. The van der Waals surface area contributed by atoms with Crippen LogP contribution < -0.4 is 0 Å². The molecule has 9 heterocycles. The smallest absolute Gasteiger partial charge is 0.317 e. The molecule has 4 aromatic carbocycles. The van der Waals surface area contributed by atoms with Gasteiger partial charge in [-0.05, 0) is 183 Å². The van der Waals surface area contributed by atoms with E-state index in [1.54, 1.807) is 14.0 Å². The number of rotatable bonds is 31. The Hall–Kier alpha value is -6.10. The van der Waals surface area contributed by atoms with E-state index in [1.807, 2.05) is 163 Å². The molecule has 13 fully saturated rings. The lowest BCUT2D eigenvalue weighted by atomic mass is 9.33. The maximum absolute atomic E-state index is 17.1. The SMILES string of the molecule is CCC1O[C@@H](OC2[C@H](O[C@H]3CCC4(C)C5CC=C6C7CC(C)(C)CC[C@]7(C(=O)O[C@@H]7O[C@H](COCc8ccccc8)[C@H](N=[N+]=[N-])C(C)C7O[C@@H]7OC(C)[C@H](O[C@@H]8OC[C@@H](OCc9ccccc9)C(O[C@@H]9OC[C@]%10(COCc%11ccccc%11)O[C@@H](c%11ccccc%11)OC9%10)C8C)C8OC(C)(C)OC87)[C@H](OC)CC6(C)C5(C)CC[C@H]4C3(C)C=O)OC(C(C)=O)[C@@H](C)[C@@H]2O[C@@H]2OC[C@@H](C)[C@H](C)C2C)C(C)[C@@H](C)[C@H]1C. The molecule has 770 valence electrons. The molecule has 0 N–H and O–H groups in total. The van der Waals surface area contributed by atoms with Crippen LogP contribution >= 0.6 is 0 Å². The molecule has 28 heteroatoms. The minimum absolute atomic E-state index is 0.00660. The first kappa shape index (κ1) is 104. The van der Waals surface area contributed by atoms with Crippen molar-refractivity contribution in [2.45, 2.75) is 382 Å².